The monoisotopic (exact) mass is 328 g/mol. The Bertz CT molecular complexity index is 529. The van der Waals surface area contributed by atoms with Gasteiger partial charge in [0.2, 0.25) is 11.8 Å². The van der Waals surface area contributed by atoms with Crippen LogP contribution in [0.5, 0.6) is 0 Å². The second-order valence-corrected chi connectivity index (χ2v) is 7.60. The lowest BCUT2D eigenvalue weighted by Gasteiger charge is -2.36. The van der Waals surface area contributed by atoms with Crippen molar-refractivity contribution in [2.75, 3.05) is 26.2 Å². The van der Waals surface area contributed by atoms with Gasteiger partial charge in [0.15, 0.2) is 0 Å². The Morgan fingerprint density at radius 1 is 1.33 bits per heavy atom. The van der Waals surface area contributed by atoms with E-state index in [1.54, 1.807) is 11.0 Å². The van der Waals surface area contributed by atoms with Gasteiger partial charge in [0, 0.05) is 24.5 Å². The van der Waals surface area contributed by atoms with Gasteiger partial charge in [-0.2, -0.15) is 0 Å². The Labute approximate surface area is 134 Å². The third kappa shape index (κ3) is 3.98. The van der Waals surface area contributed by atoms with Crippen molar-refractivity contribution in [3.63, 3.8) is 0 Å². The number of hydrogen-bond acceptors (Lipinski definition) is 3. The summed E-state index contributed by atoms with van der Waals surface area (Å²) < 4.78 is 0.683. The molecule has 0 bridgehead atoms. The largest absolute Gasteiger partial charge is 0.339 e. The summed E-state index contributed by atoms with van der Waals surface area (Å²) in [6.45, 7) is 8.24. The predicted molar refractivity (Wildman–Crippen MR) is 85.7 cm³/mol. The zero-order valence-electron chi connectivity index (χ0n) is 12.6. The summed E-state index contributed by atoms with van der Waals surface area (Å²) in [7, 11) is 0. The summed E-state index contributed by atoms with van der Waals surface area (Å²) in [5, 5.41) is 0. The van der Waals surface area contributed by atoms with Crippen molar-refractivity contribution in [2.45, 2.75) is 26.7 Å². The maximum Gasteiger partial charge on any atom is 0.242 e. The van der Waals surface area contributed by atoms with Crippen LogP contribution < -0.4 is 0 Å². The maximum atomic E-state index is 12.5. The van der Waals surface area contributed by atoms with E-state index in [0.717, 1.165) is 11.4 Å². The molecule has 2 heterocycles. The number of nitrogens with zero attached hydrogens (tertiary/aromatic N) is 2. The predicted octanol–water partition coefficient (Wildman–Crippen LogP) is 2.83. The van der Waals surface area contributed by atoms with Gasteiger partial charge in [-0.05, 0) is 25.0 Å². The molecule has 1 atom stereocenters. The number of rotatable bonds is 4. The first-order valence-corrected chi connectivity index (χ1v) is 8.39. The van der Waals surface area contributed by atoms with E-state index in [2.05, 4.69) is 13.8 Å². The molecule has 2 rings (SSSR count). The molecule has 0 spiro atoms. The van der Waals surface area contributed by atoms with Gasteiger partial charge in [0.1, 0.15) is 0 Å². The van der Waals surface area contributed by atoms with Crippen LogP contribution in [-0.4, -0.2) is 47.8 Å². The Balaban J connectivity index is 1.97. The zero-order chi connectivity index (χ0) is 15.6. The number of carbonyl (C=O) groups is 2. The smallest absolute Gasteiger partial charge is 0.242 e. The molecular weight excluding hydrogens is 308 g/mol. The van der Waals surface area contributed by atoms with Crippen molar-refractivity contribution in [3.05, 3.63) is 21.3 Å². The highest BCUT2D eigenvalue weighted by Crippen LogP contribution is 2.29. The Hall–Kier alpha value is -1.07. The molecule has 1 saturated heterocycles. The van der Waals surface area contributed by atoms with Crippen molar-refractivity contribution in [1.29, 1.82) is 0 Å². The second kappa shape index (κ2) is 6.79. The lowest BCUT2D eigenvalue weighted by Crippen LogP contribution is -2.53. The van der Waals surface area contributed by atoms with E-state index in [9.17, 15) is 9.59 Å². The molecule has 1 aromatic heterocycles. The highest BCUT2D eigenvalue weighted by Gasteiger charge is 2.30. The first-order valence-electron chi connectivity index (χ1n) is 7.20. The fourth-order valence-electron chi connectivity index (χ4n) is 2.49. The SMILES string of the molecule is CC(C)CN1CCN(C(=O)C(C)c2ccc(Cl)s2)CC1=O. The van der Waals surface area contributed by atoms with E-state index >= 15 is 0 Å². The van der Waals surface area contributed by atoms with Crippen LogP contribution in [0.2, 0.25) is 4.34 Å². The summed E-state index contributed by atoms with van der Waals surface area (Å²) in [4.78, 5) is 29.1. The summed E-state index contributed by atoms with van der Waals surface area (Å²) in [5.41, 5.74) is 0. The van der Waals surface area contributed by atoms with E-state index in [4.69, 9.17) is 11.6 Å². The molecule has 0 aromatic carbocycles. The van der Waals surface area contributed by atoms with Crippen LogP contribution in [0.15, 0.2) is 12.1 Å². The van der Waals surface area contributed by atoms with Gasteiger partial charge in [-0.1, -0.05) is 25.4 Å². The molecule has 1 aromatic rings. The van der Waals surface area contributed by atoms with Crippen LogP contribution in [-0.2, 0) is 9.59 Å². The van der Waals surface area contributed by atoms with E-state index < -0.39 is 0 Å². The normalized spacial score (nSPS) is 17.5. The Morgan fingerprint density at radius 3 is 2.57 bits per heavy atom. The molecule has 2 amide bonds. The van der Waals surface area contributed by atoms with E-state index in [0.29, 0.717) is 23.3 Å². The molecule has 0 N–H and O–H groups in total. The third-order valence-electron chi connectivity index (χ3n) is 3.61. The summed E-state index contributed by atoms with van der Waals surface area (Å²) in [6, 6.07) is 3.68. The zero-order valence-corrected chi connectivity index (χ0v) is 14.2. The van der Waals surface area contributed by atoms with Gasteiger partial charge in [0.25, 0.3) is 0 Å². The number of carbonyl (C=O) groups excluding carboxylic acids is 2. The van der Waals surface area contributed by atoms with Gasteiger partial charge in [-0.15, -0.1) is 11.3 Å². The second-order valence-electron chi connectivity index (χ2n) is 5.86. The number of halogens is 1. The van der Waals surface area contributed by atoms with Crippen molar-refractivity contribution in [3.8, 4) is 0 Å². The quantitative estimate of drug-likeness (QED) is 0.852. The standard InChI is InChI=1S/C15H21ClN2O2S/c1-10(2)8-17-6-7-18(9-14(17)19)15(20)11(3)12-4-5-13(16)21-12/h4-5,10-11H,6-9H2,1-3H3. The number of hydrogen-bond donors (Lipinski definition) is 0. The molecule has 0 radical (unpaired) electrons. The number of amides is 2. The molecule has 1 unspecified atom stereocenters. The molecular formula is C15H21ClN2O2S. The average Bonchev–Trinajstić information content (AvgIpc) is 2.85. The van der Waals surface area contributed by atoms with Gasteiger partial charge in [0.05, 0.1) is 16.8 Å². The minimum atomic E-state index is -0.244. The van der Waals surface area contributed by atoms with Crippen LogP contribution in [0.1, 0.15) is 31.6 Å². The number of piperazine rings is 1. The van der Waals surface area contributed by atoms with Crippen LogP contribution >= 0.6 is 22.9 Å². The molecule has 1 aliphatic rings. The maximum absolute atomic E-state index is 12.5. The summed E-state index contributed by atoms with van der Waals surface area (Å²) in [5.74, 6) is 0.251. The molecule has 21 heavy (non-hydrogen) atoms. The fourth-order valence-corrected chi connectivity index (χ4v) is 3.59. The average molecular weight is 329 g/mol. The molecule has 1 aliphatic heterocycles. The molecule has 116 valence electrons. The minimum absolute atomic E-state index is 0.00561. The van der Waals surface area contributed by atoms with Crippen LogP contribution in [0.3, 0.4) is 0 Å². The third-order valence-corrected chi connectivity index (χ3v) is 5.02. The summed E-state index contributed by atoms with van der Waals surface area (Å²) >= 11 is 7.34. The minimum Gasteiger partial charge on any atom is -0.339 e. The van der Waals surface area contributed by atoms with Gasteiger partial charge >= 0.3 is 0 Å². The molecule has 0 aliphatic carbocycles. The van der Waals surface area contributed by atoms with Crippen molar-refractivity contribution < 1.29 is 9.59 Å². The van der Waals surface area contributed by atoms with Crippen LogP contribution in [0, 0.1) is 5.92 Å². The van der Waals surface area contributed by atoms with Crippen molar-refractivity contribution in [1.82, 2.24) is 9.80 Å². The highest BCUT2D eigenvalue weighted by molar-refractivity contribution is 7.16. The lowest BCUT2D eigenvalue weighted by molar-refractivity contribution is -0.146. The van der Waals surface area contributed by atoms with E-state index in [1.165, 1.54) is 11.3 Å². The van der Waals surface area contributed by atoms with Crippen LogP contribution in [0.4, 0.5) is 0 Å². The van der Waals surface area contributed by atoms with Gasteiger partial charge in [-0.3, -0.25) is 9.59 Å². The van der Waals surface area contributed by atoms with Gasteiger partial charge < -0.3 is 9.80 Å². The topological polar surface area (TPSA) is 40.6 Å². The molecule has 6 heteroatoms. The fraction of sp³-hybridized carbons (Fsp3) is 0.600. The number of thiophene rings is 1. The molecule has 4 nitrogen and oxygen atoms in total. The first kappa shape index (κ1) is 16.3. The Morgan fingerprint density at radius 2 is 2.05 bits per heavy atom. The van der Waals surface area contributed by atoms with Crippen molar-refractivity contribution >= 4 is 34.8 Å². The summed E-state index contributed by atoms with van der Waals surface area (Å²) in [6.07, 6.45) is 0. The van der Waals surface area contributed by atoms with E-state index in [1.807, 2.05) is 17.9 Å². The van der Waals surface area contributed by atoms with Crippen molar-refractivity contribution in [2.24, 2.45) is 5.92 Å². The van der Waals surface area contributed by atoms with E-state index in [-0.39, 0.29) is 24.3 Å². The Kier molecular flexibility index (Phi) is 5.27. The first-order chi connectivity index (χ1) is 9.88. The lowest BCUT2D eigenvalue weighted by atomic mass is 10.1. The molecule has 1 fully saturated rings. The van der Waals surface area contributed by atoms with Gasteiger partial charge in [-0.25, -0.2) is 0 Å². The van der Waals surface area contributed by atoms with Crippen LogP contribution in [0.25, 0.3) is 0 Å². The molecule has 0 saturated carbocycles. The highest BCUT2D eigenvalue weighted by atomic mass is 35.5.